The van der Waals surface area contributed by atoms with Crippen LogP contribution in [-0.2, 0) is 35.5 Å². The van der Waals surface area contributed by atoms with Crippen molar-refractivity contribution in [3.05, 3.63) is 35.0 Å². The highest BCUT2D eigenvalue weighted by Gasteiger charge is 2.26. The molecule has 3 aromatic heterocycles. The van der Waals surface area contributed by atoms with E-state index in [9.17, 15) is 4.79 Å². The molecule has 160 valence electrons. The molecule has 0 saturated heterocycles. The number of aromatic nitrogens is 6. The number of carbonyl (C=O) groups is 1. The average molecular weight is 413 g/mol. The van der Waals surface area contributed by atoms with Gasteiger partial charge in [0, 0.05) is 49.9 Å². The standard InChI is InChI=1S/C20H27N7O3/c1-13(2)27-16-7-10-29-12-15(16)19(23-27)20-21-17(24-30-20)6-8-25(4)18(28)11-26-9-5-14(3)22-26/h5,9,13H,6-8,10-12H2,1-4H3. The van der Waals surface area contributed by atoms with Crippen molar-refractivity contribution in [2.24, 2.45) is 0 Å². The highest BCUT2D eigenvalue weighted by atomic mass is 16.5. The number of likely N-dealkylation sites (N-methyl/N-ethyl adjacent to an activating group) is 1. The molecular weight excluding hydrogens is 386 g/mol. The van der Waals surface area contributed by atoms with Crippen molar-refractivity contribution in [1.82, 2.24) is 34.6 Å². The fourth-order valence-corrected chi connectivity index (χ4v) is 3.52. The van der Waals surface area contributed by atoms with E-state index in [-0.39, 0.29) is 18.5 Å². The van der Waals surface area contributed by atoms with E-state index >= 15 is 0 Å². The summed E-state index contributed by atoms with van der Waals surface area (Å²) < 4.78 is 14.8. The molecule has 3 aromatic rings. The normalized spacial score (nSPS) is 13.6. The molecule has 0 spiro atoms. The van der Waals surface area contributed by atoms with E-state index in [0.717, 1.165) is 17.7 Å². The lowest BCUT2D eigenvalue weighted by molar-refractivity contribution is -0.130. The minimum atomic E-state index is -0.0243. The van der Waals surface area contributed by atoms with Gasteiger partial charge in [0.2, 0.25) is 5.91 Å². The minimum Gasteiger partial charge on any atom is -0.376 e. The zero-order chi connectivity index (χ0) is 21.3. The maximum absolute atomic E-state index is 12.4. The molecule has 4 rings (SSSR count). The van der Waals surface area contributed by atoms with Crippen molar-refractivity contribution < 1.29 is 14.1 Å². The SMILES string of the molecule is Cc1ccn(CC(=O)N(C)CCc2noc(-c3nn(C(C)C)c4c3COCC4)n2)n1. The van der Waals surface area contributed by atoms with Crippen LogP contribution in [0, 0.1) is 6.92 Å². The molecule has 0 atom stereocenters. The fraction of sp³-hybridized carbons (Fsp3) is 0.550. The Hall–Kier alpha value is -3.01. The van der Waals surface area contributed by atoms with Crippen LogP contribution in [0.2, 0.25) is 0 Å². The number of aryl methyl sites for hydroxylation is 1. The van der Waals surface area contributed by atoms with Crippen LogP contribution in [0.3, 0.4) is 0 Å². The van der Waals surface area contributed by atoms with E-state index in [0.29, 0.717) is 43.6 Å². The maximum atomic E-state index is 12.4. The van der Waals surface area contributed by atoms with Crippen molar-refractivity contribution in [2.45, 2.75) is 52.8 Å². The van der Waals surface area contributed by atoms with Crippen LogP contribution >= 0.6 is 0 Å². The molecule has 1 aliphatic rings. The molecule has 0 N–H and O–H groups in total. The van der Waals surface area contributed by atoms with Gasteiger partial charge in [0.25, 0.3) is 5.89 Å². The van der Waals surface area contributed by atoms with Crippen molar-refractivity contribution in [1.29, 1.82) is 0 Å². The van der Waals surface area contributed by atoms with Gasteiger partial charge in [-0.25, -0.2) is 0 Å². The van der Waals surface area contributed by atoms with Gasteiger partial charge in [-0.05, 0) is 26.8 Å². The third kappa shape index (κ3) is 4.13. The summed E-state index contributed by atoms with van der Waals surface area (Å²) in [5.41, 5.74) is 3.77. The molecular formula is C20H27N7O3. The molecule has 10 nitrogen and oxygen atoms in total. The number of ether oxygens (including phenoxy) is 1. The summed E-state index contributed by atoms with van der Waals surface area (Å²) in [6.45, 7) is 7.98. The molecule has 1 aliphatic heterocycles. The summed E-state index contributed by atoms with van der Waals surface area (Å²) in [4.78, 5) is 18.5. The first-order valence-electron chi connectivity index (χ1n) is 10.2. The van der Waals surface area contributed by atoms with Crippen molar-refractivity contribution in [2.75, 3.05) is 20.2 Å². The summed E-state index contributed by atoms with van der Waals surface area (Å²) in [7, 11) is 1.76. The third-order valence-corrected chi connectivity index (χ3v) is 5.18. The molecule has 0 aromatic carbocycles. The lowest BCUT2D eigenvalue weighted by Gasteiger charge is -2.16. The Morgan fingerprint density at radius 2 is 2.17 bits per heavy atom. The van der Waals surface area contributed by atoms with E-state index < -0.39 is 0 Å². The summed E-state index contributed by atoms with van der Waals surface area (Å²) in [6.07, 6.45) is 3.12. The lowest BCUT2D eigenvalue weighted by Crippen LogP contribution is -2.32. The second kappa shape index (κ2) is 8.39. The zero-order valence-electron chi connectivity index (χ0n) is 17.8. The first kappa shape index (κ1) is 20.3. The Bertz CT molecular complexity index is 1030. The van der Waals surface area contributed by atoms with Gasteiger partial charge in [-0.1, -0.05) is 5.16 Å². The number of hydrogen-bond acceptors (Lipinski definition) is 7. The van der Waals surface area contributed by atoms with Gasteiger partial charge in [-0.3, -0.25) is 14.2 Å². The Balaban J connectivity index is 1.42. The van der Waals surface area contributed by atoms with Crippen LogP contribution in [0.5, 0.6) is 0 Å². The second-order valence-electron chi connectivity index (χ2n) is 7.85. The van der Waals surface area contributed by atoms with E-state index in [1.165, 1.54) is 5.69 Å². The molecule has 0 fully saturated rings. The first-order valence-corrected chi connectivity index (χ1v) is 10.2. The monoisotopic (exact) mass is 413 g/mol. The number of carbonyl (C=O) groups excluding carboxylic acids is 1. The van der Waals surface area contributed by atoms with Crippen LogP contribution in [0.4, 0.5) is 0 Å². The number of amides is 1. The van der Waals surface area contributed by atoms with Crippen LogP contribution in [0.15, 0.2) is 16.8 Å². The molecule has 10 heteroatoms. The van der Waals surface area contributed by atoms with Crippen molar-refractivity contribution >= 4 is 5.91 Å². The van der Waals surface area contributed by atoms with E-state index in [2.05, 4.69) is 29.1 Å². The number of hydrogen-bond donors (Lipinski definition) is 0. The smallest absolute Gasteiger partial charge is 0.278 e. The molecule has 0 radical (unpaired) electrons. The van der Waals surface area contributed by atoms with Gasteiger partial charge in [0.15, 0.2) is 11.5 Å². The highest BCUT2D eigenvalue weighted by Crippen LogP contribution is 2.29. The Labute approximate surface area is 174 Å². The predicted octanol–water partition coefficient (Wildman–Crippen LogP) is 1.79. The molecule has 0 aliphatic carbocycles. The quantitative estimate of drug-likeness (QED) is 0.582. The van der Waals surface area contributed by atoms with Gasteiger partial charge < -0.3 is 14.2 Å². The summed E-state index contributed by atoms with van der Waals surface area (Å²) >= 11 is 0. The van der Waals surface area contributed by atoms with E-state index in [1.54, 1.807) is 22.8 Å². The Kier molecular flexibility index (Phi) is 5.67. The number of rotatable bonds is 7. The summed E-state index contributed by atoms with van der Waals surface area (Å²) in [6, 6.07) is 2.12. The predicted molar refractivity (Wildman–Crippen MR) is 108 cm³/mol. The topological polar surface area (TPSA) is 104 Å². The van der Waals surface area contributed by atoms with Crippen molar-refractivity contribution in [3.8, 4) is 11.6 Å². The van der Waals surface area contributed by atoms with Crippen LogP contribution in [0.1, 0.15) is 42.7 Å². The molecule has 30 heavy (non-hydrogen) atoms. The highest BCUT2D eigenvalue weighted by molar-refractivity contribution is 5.75. The largest absolute Gasteiger partial charge is 0.376 e. The first-order chi connectivity index (χ1) is 14.4. The molecule has 4 heterocycles. The van der Waals surface area contributed by atoms with E-state index in [1.807, 2.05) is 17.7 Å². The molecule has 0 saturated carbocycles. The Morgan fingerprint density at radius 3 is 2.90 bits per heavy atom. The Morgan fingerprint density at radius 1 is 1.33 bits per heavy atom. The number of fused-ring (bicyclic) bond motifs is 1. The second-order valence-corrected chi connectivity index (χ2v) is 7.85. The van der Waals surface area contributed by atoms with Crippen LogP contribution in [-0.4, -0.2) is 60.7 Å². The van der Waals surface area contributed by atoms with Crippen molar-refractivity contribution in [3.63, 3.8) is 0 Å². The van der Waals surface area contributed by atoms with Gasteiger partial charge in [0.1, 0.15) is 6.54 Å². The molecule has 1 amide bonds. The zero-order valence-corrected chi connectivity index (χ0v) is 17.8. The minimum absolute atomic E-state index is 0.0243. The fourth-order valence-electron chi connectivity index (χ4n) is 3.52. The number of nitrogens with zero attached hydrogens (tertiary/aromatic N) is 7. The summed E-state index contributed by atoms with van der Waals surface area (Å²) in [5.74, 6) is 0.917. The van der Waals surface area contributed by atoms with Crippen LogP contribution in [0.25, 0.3) is 11.6 Å². The maximum Gasteiger partial charge on any atom is 0.278 e. The van der Waals surface area contributed by atoms with E-state index in [4.69, 9.17) is 14.4 Å². The average Bonchev–Trinajstić information content (AvgIpc) is 3.44. The molecule has 0 bridgehead atoms. The van der Waals surface area contributed by atoms with Gasteiger partial charge >= 0.3 is 0 Å². The third-order valence-electron chi connectivity index (χ3n) is 5.18. The van der Waals surface area contributed by atoms with Gasteiger partial charge in [-0.15, -0.1) is 0 Å². The lowest BCUT2D eigenvalue weighted by atomic mass is 10.1. The van der Waals surface area contributed by atoms with Gasteiger partial charge in [-0.2, -0.15) is 15.2 Å². The summed E-state index contributed by atoms with van der Waals surface area (Å²) in [5, 5.41) is 13.0. The molecule has 0 unspecified atom stereocenters. The van der Waals surface area contributed by atoms with Gasteiger partial charge in [0.05, 0.1) is 18.9 Å². The van der Waals surface area contributed by atoms with Crippen LogP contribution < -0.4 is 0 Å².